The Morgan fingerprint density at radius 3 is 3.00 bits per heavy atom. The lowest BCUT2D eigenvalue weighted by Crippen LogP contribution is -2.44. The Morgan fingerprint density at radius 2 is 2.30 bits per heavy atom. The van der Waals surface area contributed by atoms with Gasteiger partial charge in [-0.25, -0.2) is 9.18 Å². The minimum Gasteiger partial charge on any atom is -0.395 e. The molecule has 108 valence electrons. The smallest absolute Gasteiger partial charge is 0.315 e. The van der Waals surface area contributed by atoms with E-state index in [1.807, 2.05) is 0 Å². The van der Waals surface area contributed by atoms with E-state index in [0.29, 0.717) is 12.2 Å². The highest BCUT2D eigenvalue weighted by atomic mass is 19.1. The van der Waals surface area contributed by atoms with E-state index in [9.17, 15) is 14.0 Å². The summed E-state index contributed by atoms with van der Waals surface area (Å²) >= 11 is 0. The van der Waals surface area contributed by atoms with Gasteiger partial charge in [0.15, 0.2) is 0 Å². The second kappa shape index (κ2) is 6.33. The van der Waals surface area contributed by atoms with Gasteiger partial charge in [-0.3, -0.25) is 4.79 Å². The molecular weight excluding hydrogens is 265 g/mol. The largest absolute Gasteiger partial charge is 0.395 e. The zero-order valence-electron chi connectivity index (χ0n) is 10.8. The van der Waals surface area contributed by atoms with Crippen LogP contribution in [0.5, 0.6) is 0 Å². The number of carbonyl (C=O) groups excluding carboxylic acids is 2. The molecule has 0 radical (unpaired) electrons. The minimum atomic E-state index is -0.432. The number of urea groups is 1. The van der Waals surface area contributed by atoms with E-state index >= 15 is 0 Å². The van der Waals surface area contributed by atoms with Crippen LogP contribution in [0.4, 0.5) is 14.9 Å². The van der Waals surface area contributed by atoms with Crippen LogP contribution in [0, 0.1) is 5.82 Å². The summed E-state index contributed by atoms with van der Waals surface area (Å²) in [5.41, 5.74) is 0.482. The number of halogens is 1. The number of nitrogens with one attached hydrogen (secondary N) is 2. The third-order valence-electron chi connectivity index (χ3n) is 2.98. The van der Waals surface area contributed by atoms with Crippen molar-refractivity contribution in [3.05, 3.63) is 30.1 Å². The first-order chi connectivity index (χ1) is 9.60. The number of nitrogens with zero attached hydrogens (tertiary/aromatic N) is 1. The Hall–Kier alpha value is -2.15. The molecule has 0 unspecified atom stereocenters. The molecule has 1 aliphatic heterocycles. The van der Waals surface area contributed by atoms with E-state index in [0.717, 1.165) is 0 Å². The number of anilines is 1. The summed E-state index contributed by atoms with van der Waals surface area (Å²) in [7, 11) is 0. The fourth-order valence-electron chi connectivity index (χ4n) is 2.10. The minimum absolute atomic E-state index is 0.146. The van der Waals surface area contributed by atoms with Crippen LogP contribution in [-0.2, 0) is 4.79 Å². The van der Waals surface area contributed by atoms with E-state index in [-0.39, 0.29) is 31.5 Å². The molecule has 20 heavy (non-hydrogen) atoms. The number of benzene rings is 1. The summed E-state index contributed by atoms with van der Waals surface area (Å²) in [5.74, 6) is -0.574. The Labute approximate surface area is 115 Å². The van der Waals surface area contributed by atoms with Gasteiger partial charge in [0.25, 0.3) is 0 Å². The fraction of sp³-hybridized carbons (Fsp3) is 0.385. The lowest BCUT2D eigenvalue weighted by molar-refractivity contribution is -0.117. The molecule has 1 saturated heterocycles. The van der Waals surface area contributed by atoms with Gasteiger partial charge in [-0.05, 0) is 18.2 Å². The van der Waals surface area contributed by atoms with Crippen molar-refractivity contribution in [2.45, 2.75) is 12.5 Å². The molecule has 1 fully saturated rings. The Kier molecular flexibility index (Phi) is 4.52. The maximum atomic E-state index is 13.2. The zero-order chi connectivity index (χ0) is 14.5. The monoisotopic (exact) mass is 281 g/mol. The number of carbonyl (C=O) groups is 2. The van der Waals surface area contributed by atoms with E-state index in [1.54, 1.807) is 6.07 Å². The van der Waals surface area contributed by atoms with Gasteiger partial charge in [0, 0.05) is 25.2 Å². The SMILES string of the molecule is O=C(NCCO)N[C@@H]1CC(=O)N(c2cccc(F)c2)C1. The van der Waals surface area contributed by atoms with Crippen LogP contribution in [0.2, 0.25) is 0 Å². The lowest BCUT2D eigenvalue weighted by atomic mass is 10.2. The third-order valence-corrected chi connectivity index (χ3v) is 2.98. The second-order valence-corrected chi connectivity index (χ2v) is 4.51. The van der Waals surface area contributed by atoms with Crippen molar-refractivity contribution < 1.29 is 19.1 Å². The van der Waals surface area contributed by atoms with Gasteiger partial charge in [0.1, 0.15) is 5.82 Å². The highest BCUT2D eigenvalue weighted by Gasteiger charge is 2.31. The molecular formula is C13H16FN3O3. The summed E-state index contributed by atoms with van der Waals surface area (Å²) in [6, 6.07) is 5.01. The van der Waals surface area contributed by atoms with Crippen LogP contribution < -0.4 is 15.5 Å². The van der Waals surface area contributed by atoms with E-state index in [4.69, 9.17) is 5.11 Å². The number of amides is 3. The normalized spacial score (nSPS) is 18.2. The van der Waals surface area contributed by atoms with Gasteiger partial charge >= 0.3 is 6.03 Å². The quantitative estimate of drug-likeness (QED) is 0.738. The van der Waals surface area contributed by atoms with Gasteiger partial charge in [-0.2, -0.15) is 0 Å². The van der Waals surface area contributed by atoms with E-state index in [1.165, 1.54) is 23.1 Å². The molecule has 2 rings (SSSR count). The molecule has 0 saturated carbocycles. The highest BCUT2D eigenvalue weighted by molar-refractivity contribution is 5.96. The molecule has 3 amide bonds. The summed E-state index contributed by atoms with van der Waals surface area (Å²) in [5, 5.41) is 13.7. The number of aliphatic hydroxyl groups is 1. The summed E-state index contributed by atoms with van der Waals surface area (Å²) in [4.78, 5) is 24.8. The topological polar surface area (TPSA) is 81.7 Å². The Bertz CT molecular complexity index is 509. The molecule has 6 nitrogen and oxygen atoms in total. The number of aliphatic hydroxyl groups excluding tert-OH is 1. The molecule has 0 spiro atoms. The van der Waals surface area contributed by atoms with Gasteiger partial charge < -0.3 is 20.6 Å². The van der Waals surface area contributed by atoms with Gasteiger partial charge in [0.2, 0.25) is 5.91 Å². The van der Waals surface area contributed by atoms with Crippen LogP contribution in [0.25, 0.3) is 0 Å². The standard InChI is InChI=1S/C13H16FN3O3/c14-9-2-1-3-11(6-9)17-8-10(7-12(17)19)16-13(20)15-4-5-18/h1-3,6,10,18H,4-5,7-8H2,(H2,15,16,20)/t10-/m1/s1. The van der Waals surface area contributed by atoms with Gasteiger partial charge in [-0.1, -0.05) is 6.07 Å². The highest BCUT2D eigenvalue weighted by Crippen LogP contribution is 2.22. The predicted molar refractivity (Wildman–Crippen MR) is 70.8 cm³/mol. The summed E-state index contributed by atoms with van der Waals surface area (Å²) in [6.07, 6.45) is 0.170. The predicted octanol–water partition coefficient (Wildman–Crippen LogP) is 0.223. The number of hydrogen-bond donors (Lipinski definition) is 3. The first-order valence-electron chi connectivity index (χ1n) is 6.31. The van der Waals surface area contributed by atoms with Gasteiger partial charge in [-0.15, -0.1) is 0 Å². The maximum Gasteiger partial charge on any atom is 0.315 e. The first-order valence-corrected chi connectivity index (χ1v) is 6.31. The Morgan fingerprint density at radius 1 is 1.50 bits per heavy atom. The van der Waals surface area contributed by atoms with Crippen LogP contribution >= 0.6 is 0 Å². The molecule has 1 atom stereocenters. The molecule has 1 aromatic carbocycles. The number of hydrogen-bond acceptors (Lipinski definition) is 3. The van der Waals surface area contributed by atoms with E-state index in [2.05, 4.69) is 10.6 Å². The van der Waals surface area contributed by atoms with Crippen LogP contribution in [-0.4, -0.2) is 42.8 Å². The lowest BCUT2D eigenvalue weighted by Gasteiger charge is -2.17. The molecule has 3 N–H and O–H groups in total. The van der Waals surface area contributed by atoms with Crippen molar-refractivity contribution in [3.8, 4) is 0 Å². The maximum absolute atomic E-state index is 13.2. The zero-order valence-corrected chi connectivity index (χ0v) is 10.8. The third kappa shape index (κ3) is 3.45. The summed E-state index contributed by atoms with van der Waals surface area (Å²) in [6.45, 7) is 0.307. The average molecular weight is 281 g/mol. The second-order valence-electron chi connectivity index (χ2n) is 4.51. The average Bonchev–Trinajstić information content (AvgIpc) is 2.77. The van der Waals surface area contributed by atoms with Gasteiger partial charge in [0.05, 0.1) is 12.6 Å². The molecule has 0 aliphatic carbocycles. The fourth-order valence-corrected chi connectivity index (χ4v) is 2.10. The van der Waals surface area contributed by atoms with Crippen LogP contribution in [0.3, 0.4) is 0 Å². The molecule has 0 aromatic heterocycles. The number of rotatable bonds is 4. The van der Waals surface area contributed by atoms with Crippen LogP contribution in [0.15, 0.2) is 24.3 Å². The van der Waals surface area contributed by atoms with Crippen molar-refractivity contribution in [2.24, 2.45) is 0 Å². The van der Waals surface area contributed by atoms with Crippen molar-refractivity contribution in [1.29, 1.82) is 0 Å². The van der Waals surface area contributed by atoms with E-state index < -0.39 is 11.8 Å². The van der Waals surface area contributed by atoms with Crippen molar-refractivity contribution in [2.75, 3.05) is 24.6 Å². The first kappa shape index (κ1) is 14.3. The van der Waals surface area contributed by atoms with Crippen molar-refractivity contribution >= 4 is 17.6 Å². The molecule has 1 aliphatic rings. The Balaban J connectivity index is 1.95. The molecule has 7 heteroatoms. The summed E-state index contributed by atoms with van der Waals surface area (Å²) < 4.78 is 13.2. The van der Waals surface area contributed by atoms with Crippen LogP contribution in [0.1, 0.15) is 6.42 Å². The molecule has 1 heterocycles. The molecule has 0 bridgehead atoms. The van der Waals surface area contributed by atoms with Crippen molar-refractivity contribution in [3.63, 3.8) is 0 Å². The molecule has 1 aromatic rings. The van der Waals surface area contributed by atoms with Crippen molar-refractivity contribution in [1.82, 2.24) is 10.6 Å².